The van der Waals surface area contributed by atoms with Crippen LogP contribution >= 0.6 is 0 Å². The molecule has 0 aliphatic carbocycles. The molecule has 0 nitrogen and oxygen atoms in total. The molecule has 0 saturated carbocycles. The van der Waals surface area contributed by atoms with E-state index >= 15 is 0 Å². The molecule has 0 unspecified atom stereocenters. The van der Waals surface area contributed by atoms with E-state index in [-0.39, 0.29) is 18.9 Å². The van der Waals surface area contributed by atoms with E-state index in [0.29, 0.717) is 19.3 Å². The molecule has 0 radical (unpaired) electrons. The van der Waals surface area contributed by atoms with Gasteiger partial charge in [-0.15, -0.1) is 0 Å². The van der Waals surface area contributed by atoms with Crippen molar-refractivity contribution in [2.75, 3.05) is 0 Å². The van der Waals surface area contributed by atoms with E-state index in [1.165, 1.54) is 0 Å². The summed E-state index contributed by atoms with van der Waals surface area (Å²) in [5, 5.41) is 0. The predicted molar refractivity (Wildman–Crippen MR) is 135 cm³/mol. The summed E-state index contributed by atoms with van der Waals surface area (Å²) in [5.74, 6) is -98.1. The van der Waals surface area contributed by atoms with Gasteiger partial charge in [0.2, 0.25) is 0 Å². The monoisotopic (exact) mass is 842 g/mol. The van der Waals surface area contributed by atoms with Crippen molar-refractivity contribution in [3.8, 4) is 0 Å². The first-order chi connectivity index (χ1) is 23.3. The molecule has 0 rings (SSSR count). The number of rotatable bonds is 24. The van der Waals surface area contributed by atoms with Crippen LogP contribution in [0.4, 0.5) is 110 Å². The van der Waals surface area contributed by atoms with E-state index in [1.807, 2.05) is 6.92 Å². The lowest BCUT2D eigenvalue weighted by molar-refractivity contribution is -0.481. The third-order valence-corrected chi connectivity index (χ3v) is 7.88. The van der Waals surface area contributed by atoms with Crippen LogP contribution in [0.2, 0.25) is 0 Å². The Kier molecular flexibility index (Phi) is 16.0. The van der Waals surface area contributed by atoms with E-state index in [0.717, 1.165) is 44.9 Å². The van der Waals surface area contributed by atoms with Gasteiger partial charge in [0.1, 0.15) is 0 Å². The van der Waals surface area contributed by atoms with Crippen LogP contribution in [0.5, 0.6) is 0 Å². The van der Waals surface area contributed by atoms with Crippen molar-refractivity contribution in [1.82, 2.24) is 0 Å². The Bertz CT molecular complexity index is 1160. The standard InChI is InChI=1S/C28H31F25/c1-2-3-4-5-6-7-8-9-10-11-12-13-14-15-16-17(29,30)18(31,32)19(33,34)20(35,36)21(37,38)22(39,40)23(41,42)24(43,44)25(45,46)26(47,48)27(49,50)28(51,52)53/h15-16H,2-14H2,1H3/b16-15+. The van der Waals surface area contributed by atoms with Crippen LogP contribution < -0.4 is 0 Å². The molecule has 0 N–H and O–H groups in total. The fourth-order valence-electron chi connectivity index (χ4n) is 4.40. The van der Waals surface area contributed by atoms with Gasteiger partial charge < -0.3 is 0 Å². The lowest BCUT2D eigenvalue weighted by Gasteiger charge is -2.45. The van der Waals surface area contributed by atoms with E-state index in [2.05, 4.69) is 0 Å². The first-order valence-electron chi connectivity index (χ1n) is 15.2. The van der Waals surface area contributed by atoms with Gasteiger partial charge in [-0.2, -0.15) is 110 Å². The molecule has 0 amide bonds. The predicted octanol–water partition coefficient (Wildman–Crippen LogP) is 14.2. The molecule has 0 aromatic heterocycles. The van der Waals surface area contributed by atoms with Gasteiger partial charge in [0.25, 0.3) is 0 Å². The maximum absolute atomic E-state index is 14.0. The molecule has 0 bridgehead atoms. The van der Waals surface area contributed by atoms with Gasteiger partial charge in [-0.3, -0.25) is 0 Å². The van der Waals surface area contributed by atoms with Gasteiger partial charge in [0.05, 0.1) is 0 Å². The molecule has 0 fully saturated rings. The van der Waals surface area contributed by atoms with Crippen LogP contribution in [-0.4, -0.2) is 71.3 Å². The number of alkyl halides is 25. The number of unbranched alkanes of at least 4 members (excludes halogenated alkanes) is 12. The topological polar surface area (TPSA) is 0 Å². The largest absolute Gasteiger partial charge is 0.460 e. The second-order valence-electron chi connectivity index (χ2n) is 11.9. The van der Waals surface area contributed by atoms with E-state index in [4.69, 9.17) is 0 Å². The van der Waals surface area contributed by atoms with Crippen molar-refractivity contribution in [3.63, 3.8) is 0 Å². The molecule has 0 saturated heterocycles. The third-order valence-electron chi connectivity index (χ3n) is 7.88. The minimum atomic E-state index is -9.58. The minimum absolute atomic E-state index is 0.126. The Morgan fingerprint density at radius 2 is 0.509 bits per heavy atom. The molecule has 0 aliphatic rings. The highest BCUT2D eigenvalue weighted by atomic mass is 19.4. The molecule has 25 heteroatoms. The van der Waals surface area contributed by atoms with Crippen LogP contribution in [0.3, 0.4) is 0 Å². The smallest absolute Gasteiger partial charge is 0.195 e. The highest BCUT2D eigenvalue weighted by Gasteiger charge is 2.99. The quantitative estimate of drug-likeness (QED) is 0.0516. The zero-order valence-electron chi connectivity index (χ0n) is 26.8. The van der Waals surface area contributed by atoms with Crippen molar-refractivity contribution in [2.45, 2.75) is 162 Å². The van der Waals surface area contributed by atoms with Gasteiger partial charge >= 0.3 is 71.3 Å². The molecule has 0 spiro atoms. The summed E-state index contributed by atoms with van der Waals surface area (Å²) in [5.41, 5.74) is 0. The minimum Gasteiger partial charge on any atom is -0.195 e. The number of allylic oxidation sites excluding steroid dienone is 2. The van der Waals surface area contributed by atoms with Gasteiger partial charge in [-0.05, 0) is 18.9 Å². The van der Waals surface area contributed by atoms with Crippen LogP contribution in [0.1, 0.15) is 90.4 Å². The van der Waals surface area contributed by atoms with Crippen LogP contribution in [0.25, 0.3) is 0 Å². The second kappa shape index (κ2) is 16.6. The van der Waals surface area contributed by atoms with Crippen LogP contribution in [0.15, 0.2) is 12.2 Å². The molecule has 318 valence electrons. The summed E-state index contributed by atoms with van der Waals surface area (Å²) < 4.78 is 338. The lowest BCUT2D eigenvalue weighted by atomic mass is 9.84. The van der Waals surface area contributed by atoms with Crippen molar-refractivity contribution in [2.24, 2.45) is 0 Å². The molecular weight excluding hydrogens is 811 g/mol. The maximum atomic E-state index is 14.0. The zero-order valence-corrected chi connectivity index (χ0v) is 26.8. The van der Waals surface area contributed by atoms with Gasteiger partial charge in [0.15, 0.2) is 0 Å². The van der Waals surface area contributed by atoms with E-state index < -0.39 is 83.8 Å². The van der Waals surface area contributed by atoms with Crippen molar-refractivity contribution < 1.29 is 110 Å². The Morgan fingerprint density at radius 1 is 0.283 bits per heavy atom. The highest BCUT2D eigenvalue weighted by Crippen LogP contribution is 2.67. The van der Waals surface area contributed by atoms with Crippen LogP contribution in [-0.2, 0) is 0 Å². The van der Waals surface area contributed by atoms with Gasteiger partial charge in [0, 0.05) is 0 Å². The molecule has 0 aromatic carbocycles. The molecule has 0 atom stereocenters. The van der Waals surface area contributed by atoms with Crippen molar-refractivity contribution in [1.29, 1.82) is 0 Å². The summed E-state index contributed by atoms with van der Waals surface area (Å²) >= 11 is 0. The Morgan fingerprint density at radius 3 is 0.774 bits per heavy atom. The summed E-state index contributed by atoms with van der Waals surface area (Å²) in [7, 11) is 0. The Hall–Kier alpha value is -2.01. The van der Waals surface area contributed by atoms with Gasteiger partial charge in [-0.25, -0.2) is 0 Å². The molecule has 0 aromatic rings. The normalized spacial score (nSPS) is 15.9. The van der Waals surface area contributed by atoms with Crippen LogP contribution in [0, 0.1) is 0 Å². The molecule has 0 heterocycles. The lowest BCUT2D eigenvalue weighted by Crippen LogP contribution is -2.78. The number of hydrogen-bond acceptors (Lipinski definition) is 0. The average Bonchev–Trinajstić information content (AvgIpc) is 2.99. The summed E-state index contributed by atoms with van der Waals surface area (Å²) in [6, 6.07) is 0. The average molecular weight is 843 g/mol. The molecule has 0 aliphatic heterocycles. The fourth-order valence-corrected chi connectivity index (χ4v) is 4.40. The van der Waals surface area contributed by atoms with Crippen molar-refractivity contribution in [3.05, 3.63) is 12.2 Å². The number of halogens is 25. The highest BCUT2D eigenvalue weighted by molar-refractivity contribution is 5.21. The fraction of sp³-hybridized carbons (Fsp3) is 0.929. The zero-order chi connectivity index (χ0) is 42.6. The van der Waals surface area contributed by atoms with Crippen molar-refractivity contribution >= 4 is 0 Å². The number of hydrogen-bond donors (Lipinski definition) is 0. The second-order valence-corrected chi connectivity index (χ2v) is 11.9. The summed E-state index contributed by atoms with van der Waals surface area (Å²) in [6.07, 6.45) is -1.83. The Balaban J connectivity index is 6.18. The first kappa shape index (κ1) is 51.0. The summed E-state index contributed by atoms with van der Waals surface area (Å²) in [6.45, 7) is 2.02. The Labute approximate surface area is 284 Å². The SMILES string of the molecule is CCCCCCCCCCCCCC/C=C/C(F)(F)C(F)(F)C(F)(F)C(F)(F)C(F)(F)C(F)(F)C(F)(F)C(F)(F)C(F)(F)C(F)(F)C(F)(F)C(F)(F)F. The summed E-state index contributed by atoms with van der Waals surface area (Å²) in [4.78, 5) is 0. The van der Waals surface area contributed by atoms with Gasteiger partial charge in [-0.1, -0.05) is 83.6 Å². The first-order valence-corrected chi connectivity index (χ1v) is 15.2. The molecular formula is C28H31F25. The molecule has 53 heavy (non-hydrogen) atoms. The van der Waals surface area contributed by atoms with E-state index in [1.54, 1.807) is 0 Å². The van der Waals surface area contributed by atoms with E-state index in [9.17, 15) is 110 Å². The third kappa shape index (κ3) is 8.86. The maximum Gasteiger partial charge on any atom is 0.460 e.